The van der Waals surface area contributed by atoms with Gasteiger partial charge in [0.2, 0.25) is 0 Å². The number of benzene rings is 2. The number of anilines is 1. The van der Waals surface area contributed by atoms with Crippen molar-refractivity contribution in [3.8, 4) is 0 Å². The second-order valence-electron chi connectivity index (χ2n) is 5.68. The van der Waals surface area contributed by atoms with Crippen molar-refractivity contribution < 1.29 is 14.1 Å². The number of hydrogen-bond donors (Lipinski definition) is 0. The highest BCUT2D eigenvalue weighted by atomic mass is 35.5. The molecule has 1 heterocycles. The van der Waals surface area contributed by atoms with Crippen LogP contribution in [-0.4, -0.2) is 41.9 Å². The van der Waals surface area contributed by atoms with Gasteiger partial charge in [-0.25, -0.2) is 4.39 Å². The van der Waals surface area contributed by atoms with Gasteiger partial charge in [-0.05, 0) is 24.3 Å². The maximum absolute atomic E-state index is 13.5. The number of hydrogen-bond acceptors (Lipinski definition) is 4. The molecule has 2 aromatic rings. The van der Waals surface area contributed by atoms with Crippen LogP contribution in [0.3, 0.4) is 0 Å². The molecule has 0 aromatic heterocycles. The Hall–Kier alpha value is -2.67. The van der Waals surface area contributed by atoms with Crippen LogP contribution in [-0.2, 0) is 0 Å². The van der Waals surface area contributed by atoms with Crippen LogP contribution in [0, 0.1) is 15.9 Å². The van der Waals surface area contributed by atoms with E-state index in [-0.39, 0.29) is 17.3 Å². The Morgan fingerprint density at radius 2 is 1.84 bits per heavy atom. The zero-order valence-electron chi connectivity index (χ0n) is 13.2. The zero-order valence-corrected chi connectivity index (χ0v) is 13.9. The van der Waals surface area contributed by atoms with Crippen LogP contribution in [0.15, 0.2) is 42.5 Å². The monoisotopic (exact) mass is 363 g/mol. The van der Waals surface area contributed by atoms with Gasteiger partial charge in [-0.1, -0.05) is 17.7 Å². The first kappa shape index (κ1) is 17.2. The molecule has 3 rings (SSSR count). The van der Waals surface area contributed by atoms with E-state index in [1.807, 2.05) is 0 Å². The third-order valence-corrected chi connectivity index (χ3v) is 4.35. The topological polar surface area (TPSA) is 66.7 Å². The normalized spacial score (nSPS) is 14.5. The lowest BCUT2D eigenvalue weighted by atomic mass is 10.1. The van der Waals surface area contributed by atoms with E-state index >= 15 is 0 Å². The minimum Gasteiger partial charge on any atom is -0.362 e. The van der Waals surface area contributed by atoms with E-state index in [1.165, 1.54) is 0 Å². The molecular formula is C17H15ClFN3O3. The summed E-state index contributed by atoms with van der Waals surface area (Å²) in [7, 11) is 0. The molecule has 0 saturated carbocycles. The van der Waals surface area contributed by atoms with Crippen LogP contribution in [0.1, 0.15) is 10.4 Å². The van der Waals surface area contributed by atoms with Crippen LogP contribution in [0.5, 0.6) is 0 Å². The fourth-order valence-corrected chi connectivity index (χ4v) is 3.05. The minimum absolute atomic E-state index is 0.143. The number of amides is 1. The number of halogens is 2. The first-order chi connectivity index (χ1) is 12.0. The summed E-state index contributed by atoms with van der Waals surface area (Å²) in [4.78, 5) is 26.5. The zero-order chi connectivity index (χ0) is 18.0. The summed E-state index contributed by atoms with van der Waals surface area (Å²) in [6.07, 6.45) is 0. The van der Waals surface area contributed by atoms with Crippen LogP contribution < -0.4 is 4.90 Å². The molecule has 2 aromatic carbocycles. The Labute approximate surface area is 148 Å². The van der Waals surface area contributed by atoms with Crippen molar-refractivity contribution in [3.63, 3.8) is 0 Å². The second-order valence-corrected chi connectivity index (χ2v) is 6.12. The highest BCUT2D eigenvalue weighted by Gasteiger charge is 2.26. The Morgan fingerprint density at radius 3 is 2.48 bits per heavy atom. The van der Waals surface area contributed by atoms with Gasteiger partial charge in [0.1, 0.15) is 11.5 Å². The van der Waals surface area contributed by atoms with Gasteiger partial charge in [-0.3, -0.25) is 14.9 Å². The van der Waals surface area contributed by atoms with Gasteiger partial charge < -0.3 is 9.80 Å². The summed E-state index contributed by atoms with van der Waals surface area (Å²) in [6, 6.07) is 10.1. The van der Waals surface area contributed by atoms with Crippen LogP contribution in [0.2, 0.25) is 5.02 Å². The summed E-state index contributed by atoms with van der Waals surface area (Å²) in [5.74, 6) is -0.672. The molecule has 0 aliphatic carbocycles. The van der Waals surface area contributed by atoms with Gasteiger partial charge in [-0.15, -0.1) is 0 Å². The Bertz CT molecular complexity index is 823. The predicted octanol–water partition coefficient (Wildman–Crippen LogP) is 3.35. The maximum Gasteiger partial charge on any atom is 0.292 e. The van der Waals surface area contributed by atoms with E-state index in [1.54, 1.807) is 34.1 Å². The molecule has 25 heavy (non-hydrogen) atoms. The summed E-state index contributed by atoms with van der Waals surface area (Å²) < 4.78 is 13.5. The van der Waals surface area contributed by atoms with E-state index < -0.39 is 10.7 Å². The number of rotatable bonds is 3. The fourth-order valence-electron chi connectivity index (χ4n) is 2.86. The van der Waals surface area contributed by atoms with Gasteiger partial charge >= 0.3 is 0 Å². The lowest BCUT2D eigenvalue weighted by molar-refractivity contribution is -0.384. The van der Waals surface area contributed by atoms with Crippen molar-refractivity contribution in [2.24, 2.45) is 0 Å². The maximum atomic E-state index is 13.5. The molecule has 0 N–H and O–H groups in total. The highest BCUT2D eigenvalue weighted by molar-refractivity contribution is 6.30. The van der Waals surface area contributed by atoms with Gasteiger partial charge in [0.15, 0.2) is 0 Å². The number of nitro groups is 1. The molecule has 130 valence electrons. The lowest BCUT2D eigenvalue weighted by Crippen LogP contribution is -2.49. The largest absolute Gasteiger partial charge is 0.362 e. The molecule has 1 fully saturated rings. The molecule has 6 nitrogen and oxygen atoms in total. The average molecular weight is 364 g/mol. The third-order valence-electron chi connectivity index (χ3n) is 4.11. The number of nitrogens with zero attached hydrogens (tertiary/aromatic N) is 3. The highest BCUT2D eigenvalue weighted by Crippen LogP contribution is 2.29. The third kappa shape index (κ3) is 3.71. The summed E-state index contributed by atoms with van der Waals surface area (Å²) in [6.45, 7) is 1.55. The van der Waals surface area contributed by atoms with Crippen molar-refractivity contribution in [2.45, 2.75) is 0 Å². The lowest BCUT2D eigenvalue weighted by Gasteiger charge is -2.35. The molecule has 0 bridgehead atoms. The standard InChI is InChI=1S/C17H15ClFN3O3/c18-13-3-1-2-12(10-13)17(23)21-8-6-20(7-9-21)16-11-14(19)4-5-15(16)22(24)25/h1-5,10-11H,6-9H2. The number of carbonyl (C=O) groups is 1. The second kappa shape index (κ2) is 7.06. The Balaban J connectivity index is 1.73. The van der Waals surface area contributed by atoms with Crippen molar-refractivity contribution in [1.29, 1.82) is 0 Å². The van der Waals surface area contributed by atoms with Crippen molar-refractivity contribution in [2.75, 3.05) is 31.1 Å². The average Bonchev–Trinajstić information content (AvgIpc) is 2.61. The predicted molar refractivity (Wildman–Crippen MR) is 92.6 cm³/mol. The Morgan fingerprint density at radius 1 is 1.12 bits per heavy atom. The van der Waals surface area contributed by atoms with Crippen LogP contribution in [0.4, 0.5) is 15.8 Å². The smallest absolute Gasteiger partial charge is 0.292 e. The van der Waals surface area contributed by atoms with Gasteiger partial charge in [-0.2, -0.15) is 0 Å². The molecule has 0 atom stereocenters. The molecule has 0 unspecified atom stereocenters. The number of carbonyl (C=O) groups excluding carboxylic acids is 1. The van der Waals surface area contributed by atoms with Crippen molar-refractivity contribution >= 4 is 28.9 Å². The molecule has 0 spiro atoms. The molecule has 0 radical (unpaired) electrons. The summed E-state index contributed by atoms with van der Waals surface area (Å²) in [5.41, 5.74) is 0.591. The van der Waals surface area contributed by atoms with E-state index in [4.69, 9.17) is 11.6 Å². The fraction of sp³-hybridized carbons (Fsp3) is 0.235. The molecule has 8 heteroatoms. The van der Waals surface area contributed by atoms with Crippen molar-refractivity contribution in [3.05, 3.63) is 69.0 Å². The molecule has 1 saturated heterocycles. The minimum atomic E-state index is -0.530. The van der Waals surface area contributed by atoms with Crippen molar-refractivity contribution in [1.82, 2.24) is 4.90 Å². The Kier molecular flexibility index (Phi) is 4.85. The van der Waals surface area contributed by atoms with E-state index in [9.17, 15) is 19.3 Å². The quantitative estimate of drug-likeness (QED) is 0.619. The van der Waals surface area contributed by atoms with Gasteiger partial charge in [0.25, 0.3) is 11.6 Å². The molecule has 1 amide bonds. The van der Waals surface area contributed by atoms with Crippen LogP contribution in [0.25, 0.3) is 0 Å². The van der Waals surface area contributed by atoms with E-state index in [0.717, 1.165) is 18.2 Å². The van der Waals surface area contributed by atoms with E-state index in [0.29, 0.717) is 36.8 Å². The van der Waals surface area contributed by atoms with E-state index in [2.05, 4.69) is 0 Å². The summed E-state index contributed by atoms with van der Waals surface area (Å²) >= 11 is 5.91. The van der Waals surface area contributed by atoms with Gasteiger partial charge in [0.05, 0.1) is 4.92 Å². The first-order valence-corrected chi connectivity index (χ1v) is 8.07. The summed E-state index contributed by atoms with van der Waals surface area (Å²) in [5, 5.41) is 11.6. The number of nitro benzene ring substituents is 1. The van der Waals surface area contributed by atoms with Gasteiger partial charge in [0, 0.05) is 48.9 Å². The molecular weight excluding hydrogens is 349 g/mol. The SMILES string of the molecule is O=C(c1cccc(Cl)c1)N1CCN(c2cc(F)ccc2[N+](=O)[O-])CC1. The molecule has 1 aliphatic rings. The molecule has 1 aliphatic heterocycles. The van der Waals surface area contributed by atoms with Crippen LogP contribution >= 0.6 is 11.6 Å². The number of piperazine rings is 1. The first-order valence-electron chi connectivity index (χ1n) is 7.69.